The van der Waals surface area contributed by atoms with Crippen molar-refractivity contribution in [3.05, 3.63) is 48.7 Å². The maximum absolute atomic E-state index is 5.73. The highest BCUT2D eigenvalue weighted by molar-refractivity contribution is 5.87. The van der Waals surface area contributed by atoms with Crippen LogP contribution in [-0.2, 0) is 4.74 Å². The summed E-state index contributed by atoms with van der Waals surface area (Å²) in [7, 11) is 0. The van der Waals surface area contributed by atoms with Gasteiger partial charge in [-0.3, -0.25) is 4.98 Å². The molecule has 1 fully saturated rings. The molecule has 128 valence electrons. The highest BCUT2D eigenvalue weighted by Gasteiger charge is 2.12. The first-order valence-electron chi connectivity index (χ1n) is 8.67. The monoisotopic (exact) mass is 335 g/mol. The minimum absolute atomic E-state index is 0.580. The van der Waals surface area contributed by atoms with E-state index in [1.54, 1.807) is 6.20 Å². The number of hydrogen-bond donors (Lipinski definition) is 0. The Morgan fingerprint density at radius 3 is 2.68 bits per heavy atom. The third kappa shape index (κ3) is 3.28. The Morgan fingerprint density at radius 2 is 1.92 bits per heavy atom. The molecule has 3 heterocycles. The zero-order chi connectivity index (χ0) is 17.1. The maximum Gasteiger partial charge on any atom is 0.223 e. The lowest BCUT2D eigenvalue weighted by Gasteiger charge is -2.28. The average Bonchev–Trinajstić information content (AvgIpc) is 2.69. The van der Waals surface area contributed by atoms with Crippen LogP contribution in [0.5, 0.6) is 5.88 Å². The molecule has 5 heteroatoms. The van der Waals surface area contributed by atoms with Crippen LogP contribution in [0, 0.1) is 0 Å². The van der Waals surface area contributed by atoms with Gasteiger partial charge < -0.3 is 14.4 Å². The molecule has 0 aliphatic carbocycles. The highest BCUT2D eigenvalue weighted by Crippen LogP contribution is 2.29. The lowest BCUT2D eigenvalue weighted by atomic mass is 10.1. The molecule has 25 heavy (non-hydrogen) atoms. The van der Waals surface area contributed by atoms with Crippen molar-refractivity contribution in [1.29, 1.82) is 0 Å². The van der Waals surface area contributed by atoms with Gasteiger partial charge in [0.2, 0.25) is 5.88 Å². The van der Waals surface area contributed by atoms with Crippen LogP contribution in [0.4, 0.5) is 5.69 Å². The number of fused-ring (bicyclic) bond motifs is 1. The molecule has 5 nitrogen and oxygen atoms in total. The SMILES string of the molecule is CCOc1nc(-c2ccc(N3CCOCC3)cc2)cc2ncccc12. The molecule has 0 radical (unpaired) electrons. The van der Waals surface area contributed by atoms with Gasteiger partial charge in [-0.2, -0.15) is 0 Å². The molecule has 0 spiro atoms. The summed E-state index contributed by atoms with van der Waals surface area (Å²) < 4.78 is 11.1. The Balaban J connectivity index is 1.69. The third-order valence-corrected chi connectivity index (χ3v) is 4.38. The van der Waals surface area contributed by atoms with Gasteiger partial charge >= 0.3 is 0 Å². The largest absolute Gasteiger partial charge is 0.477 e. The molecule has 0 bridgehead atoms. The van der Waals surface area contributed by atoms with E-state index >= 15 is 0 Å². The van der Waals surface area contributed by atoms with Crippen LogP contribution in [0.2, 0.25) is 0 Å². The van der Waals surface area contributed by atoms with Crippen molar-refractivity contribution < 1.29 is 9.47 Å². The van der Waals surface area contributed by atoms with Gasteiger partial charge in [0.1, 0.15) is 0 Å². The Morgan fingerprint density at radius 1 is 1.12 bits per heavy atom. The average molecular weight is 335 g/mol. The van der Waals surface area contributed by atoms with Crippen LogP contribution in [-0.4, -0.2) is 42.9 Å². The molecule has 0 amide bonds. The van der Waals surface area contributed by atoms with Crippen molar-refractivity contribution in [1.82, 2.24) is 9.97 Å². The summed E-state index contributed by atoms with van der Waals surface area (Å²) in [5.41, 5.74) is 4.05. The molecule has 0 unspecified atom stereocenters. The molecule has 0 atom stereocenters. The van der Waals surface area contributed by atoms with E-state index < -0.39 is 0 Å². The van der Waals surface area contributed by atoms with E-state index in [0.717, 1.165) is 48.5 Å². The normalized spacial score (nSPS) is 14.7. The summed E-state index contributed by atoms with van der Waals surface area (Å²) in [6.07, 6.45) is 1.80. The van der Waals surface area contributed by atoms with Crippen molar-refractivity contribution in [2.24, 2.45) is 0 Å². The van der Waals surface area contributed by atoms with Gasteiger partial charge in [-0.1, -0.05) is 12.1 Å². The number of anilines is 1. The lowest BCUT2D eigenvalue weighted by molar-refractivity contribution is 0.122. The summed E-state index contributed by atoms with van der Waals surface area (Å²) in [5.74, 6) is 0.639. The third-order valence-electron chi connectivity index (χ3n) is 4.38. The highest BCUT2D eigenvalue weighted by atomic mass is 16.5. The minimum atomic E-state index is 0.580. The second kappa shape index (κ2) is 7.07. The van der Waals surface area contributed by atoms with Crippen LogP contribution in [0.25, 0.3) is 22.2 Å². The standard InChI is InChI=1S/C20H21N3O2/c1-2-25-20-17-4-3-9-21-19(17)14-18(22-20)15-5-7-16(8-6-15)23-10-12-24-13-11-23/h3-9,14H,2,10-13H2,1H3. The van der Waals surface area contributed by atoms with Gasteiger partial charge in [-0.05, 0) is 37.3 Å². The van der Waals surface area contributed by atoms with Crippen molar-refractivity contribution in [2.75, 3.05) is 37.8 Å². The molecular formula is C20H21N3O2. The van der Waals surface area contributed by atoms with E-state index in [1.165, 1.54) is 5.69 Å². The minimum Gasteiger partial charge on any atom is -0.477 e. The summed E-state index contributed by atoms with van der Waals surface area (Å²) in [6.45, 7) is 6.00. The number of hydrogen-bond acceptors (Lipinski definition) is 5. The molecule has 3 aromatic rings. The molecule has 2 aromatic heterocycles. The van der Waals surface area contributed by atoms with Crippen molar-refractivity contribution >= 4 is 16.6 Å². The maximum atomic E-state index is 5.73. The molecule has 0 saturated carbocycles. The molecule has 1 saturated heterocycles. The van der Waals surface area contributed by atoms with E-state index in [4.69, 9.17) is 14.5 Å². The van der Waals surface area contributed by atoms with Gasteiger partial charge in [0.05, 0.1) is 36.4 Å². The first-order valence-corrected chi connectivity index (χ1v) is 8.67. The fourth-order valence-electron chi connectivity index (χ4n) is 3.10. The van der Waals surface area contributed by atoms with E-state index in [9.17, 15) is 0 Å². The predicted octanol–water partition coefficient (Wildman–Crippen LogP) is 3.53. The number of rotatable bonds is 4. The van der Waals surface area contributed by atoms with Crippen LogP contribution in [0.15, 0.2) is 48.7 Å². The molecule has 4 rings (SSSR count). The van der Waals surface area contributed by atoms with E-state index in [0.29, 0.717) is 12.5 Å². The quantitative estimate of drug-likeness (QED) is 0.730. The Hall–Kier alpha value is -2.66. The van der Waals surface area contributed by atoms with Gasteiger partial charge in [0.25, 0.3) is 0 Å². The van der Waals surface area contributed by atoms with Crippen molar-refractivity contribution in [2.45, 2.75) is 6.92 Å². The van der Waals surface area contributed by atoms with Crippen LogP contribution >= 0.6 is 0 Å². The zero-order valence-corrected chi connectivity index (χ0v) is 14.3. The fraction of sp³-hybridized carbons (Fsp3) is 0.300. The van der Waals surface area contributed by atoms with E-state index in [-0.39, 0.29) is 0 Å². The van der Waals surface area contributed by atoms with Gasteiger partial charge in [-0.15, -0.1) is 0 Å². The summed E-state index contributed by atoms with van der Waals surface area (Å²) in [6, 6.07) is 14.4. The number of benzene rings is 1. The second-order valence-corrected chi connectivity index (χ2v) is 5.96. The fourth-order valence-corrected chi connectivity index (χ4v) is 3.10. The molecule has 0 N–H and O–H groups in total. The van der Waals surface area contributed by atoms with Gasteiger partial charge in [-0.25, -0.2) is 4.98 Å². The number of pyridine rings is 2. The van der Waals surface area contributed by atoms with Crippen LogP contribution < -0.4 is 9.64 Å². The Kier molecular flexibility index (Phi) is 4.48. The van der Waals surface area contributed by atoms with Crippen LogP contribution in [0.3, 0.4) is 0 Å². The topological polar surface area (TPSA) is 47.5 Å². The van der Waals surface area contributed by atoms with Gasteiger partial charge in [0.15, 0.2) is 0 Å². The first kappa shape index (κ1) is 15.8. The second-order valence-electron chi connectivity index (χ2n) is 5.96. The number of ether oxygens (including phenoxy) is 2. The van der Waals surface area contributed by atoms with Crippen LogP contribution in [0.1, 0.15) is 6.92 Å². The number of nitrogens with zero attached hydrogens (tertiary/aromatic N) is 3. The molecule has 1 aromatic carbocycles. The summed E-state index contributed by atoms with van der Waals surface area (Å²) >= 11 is 0. The Labute approximate surface area is 147 Å². The Bertz CT molecular complexity index is 858. The van der Waals surface area contributed by atoms with Crippen molar-refractivity contribution in [3.8, 4) is 17.1 Å². The number of aromatic nitrogens is 2. The van der Waals surface area contributed by atoms with E-state index in [2.05, 4.69) is 34.1 Å². The lowest BCUT2D eigenvalue weighted by Crippen LogP contribution is -2.36. The predicted molar refractivity (Wildman–Crippen MR) is 99.2 cm³/mol. The van der Waals surface area contributed by atoms with Crippen molar-refractivity contribution in [3.63, 3.8) is 0 Å². The molecule has 1 aliphatic rings. The molecular weight excluding hydrogens is 314 g/mol. The number of morpholine rings is 1. The molecule has 1 aliphatic heterocycles. The zero-order valence-electron chi connectivity index (χ0n) is 14.3. The van der Waals surface area contributed by atoms with E-state index in [1.807, 2.05) is 25.1 Å². The summed E-state index contributed by atoms with van der Waals surface area (Å²) in [4.78, 5) is 11.5. The van der Waals surface area contributed by atoms with Gasteiger partial charge in [0, 0.05) is 30.5 Å². The smallest absolute Gasteiger partial charge is 0.223 e. The first-order chi connectivity index (χ1) is 12.3. The summed E-state index contributed by atoms with van der Waals surface area (Å²) in [5, 5.41) is 0.943.